The van der Waals surface area contributed by atoms with Crippen molar-refractivity contribution in [1.82, 2.24) is 20.4 Å². The van der Waals surface area contributed by atoms with Gasteiger partial charge in [-0.1, -0.05) is 56.3 Å². The van der Waals surface area contributed by atoms with E-state index in [4.69, 9.17) is 10.5 Å². The number of nitrogens with two attached hydrogens (primary N) is 1. The molecule has 3 rings (SSSR count). The number of ether oxygens (including phenoxy) is 1. The Kier molecular flexibility index (Phi) is 10.7. The Labute approximate surface area is 215 Å². The van der Waals surface area contributed by atoms with Crippen molar-refractivity contribution in [3.63, 3.8) is 0 Å². The number of amides is 2. The molecule has 1 aliphatic heterocycles. The van der Waals surface area contributed by atoms with Gasteiger partial charge in [-0.05, 0) is 49.2 Å². The van der Waals surface area contributed by atoms with Crippen molar-refractivity contribution in [2.45, 2.75) is 45.3 Å². The number of carbonyl (C=O) groups excluding carboxylic acids is 2. The van der Waals surface area contributed by atoms with Crippen LogP contribution in [0.2, 0.25) is 0 Å². The summed E-state index contributed by atoms with van der Waals surface area (Å²) in [6.45, 7) is 11.0. The minimum Gasteiger partial charge on any atom is -0.492 e. The van der Waals surface area contributed by atoms with E-state index in [1.807, 2.05) is 42.5 Å². The molecule has 0 saturated carbocycles. The van der Waals surface area contributed by atoms with Crippen molar-refractivity contribution in [3.8, 4) is 5.75 Å². The highest BCUT2D eigenvalue weighted by Gasteiger charge is 2.31. The molecule has 1 heterocycles. The lowest BCUT2D eigenvalue weighted by atomic mass is 9.88. The third-order valence-electron chi connectivity index (χ3n) is 6.86. The summed E-state index contributed by atoms with van der Waals surface area (Å²) in [5.41, 5.74) is 8.20. The summed E-state index contributed by atoms with van der Waals surface area (Å²) in [6.07, 6.45) is 1.54. The number of hydrogen-bond acceptors (Lipinski definition) is 6. The normalized spacial score (nSPS) is 15.4. The van der Waals surface area contributed by atoms with Crippen molar-refractivity contribution in [3.05, 3.63) is 65.7 Å². The molecule has 0 unspecified atom stereocenters. The minimum atomic E-state index is -0.653. The van der Waals surface area contributed by atoms with Gasteiger partial charge in [0.1, 0.15) is 12.4 Å². The topological polar surface area (TPSA) is 99.9 Å². The van der Waals surface area contributed by atoms with Crippen molar-refractivity contribution in [2.24, 2.45) is 5.73 Å². The zero-order valence-electron chi connectivity index (χ0n) is 21.7. The van der Waals surface area contributed by atoms with E-state index in [9.17, 15) is 9.59 Å². The van der Waals surface area contributed by atoms with Gasteiger partial charge in [-0.15, -0.1) is 0 Å². The summed E-state index contributed by atoms with van der Waals surface area (Å²) in [6, 6.07) is 17.9. The van der Waals surface area contributed by atoms with Crippen LogP contribution in [0.25, 0.3) is 0 Å². The summed E-state index contributed by atoms with van der Waals surface area (Å²) in [5.74, 6) is -0.513. The van der Waals surface area contributed by atoms with Gasteiger partial charge < -0.3 is 26.0 Å². The Morgan fingerprint density at radius 1 is 0.944 bits per heavy atom. The molecule has 2 aromatic carbocycles. The number of rotatable bonds is 12. The number of piperidine rings is 1. The fraction of sp³-hybridized carbons (Fsp3) is 0.500. The second kappa shape index (κ2) is 14.0. The zero-order valence-corrected chi connectivity index (χ0v) is 21.7. The highest BCUT2D eigenvalue weighted by molar-refractivity contribution is 6.35. The first kappa shape index (κ1) is 27.6. The predicted octanol–water partition coefficient (Wildman–Crippen LogP) is 2.13. The fourth-order valence-electron chi connectivity index (χ4n) is 4.31. The van der Waals surface area contributed by atoms with E-state index in [0.717, 1.165) is 63.4 Å². The van der Waals surface area contributed by atoms with Crippen molar-refractivity contribution < 1.29 is 14.3 Å². The van der Waals surface area contributed by atoms with Crippen molar-refractivity contribution in [1.29, 1.82) is 0 Å². The Hall–Kier alpha value is -2.94. The van der Waals surface area contributed by atoms with Crippen molar-refractivity contribution >= 4 is 11.8 Å². The highest BCUT2D eigenvalue weighted by atomic mass is 16.5. The van der Waals surface area contributed by atoms with Gasteiger partial charge in [-0.2, -0.15) is 0 Å². The van der Waals surface area contributed by atoms with E-state index in [1.165, 1.54) is 5.56 Å². The summed E-state index contributed by atoms with van der Waals surface area (Å²) in [4.78, 5) is 29.3. The molecule has 1 fully saturated rings. The molecule has 36 heavy (non-hydrogen) atoms. The van der Waals surface area contributed by atoms with E-state index in [2.05, 4.69) is 46.4 Å². The zero-order chi connectivity index (χ0) is 25.8. The van der Waals surface area contributed by atoms with Crippen LogP contribution >= 0.6 is 0 Å². The third-order valence-corrected chi connectivity index (χ3v) is 6.86. The van der Waals surface area contributed by atoms with E-state index in [0.29, 0.717) is 6.61 Å². The van der Waals surface area contributed by atoms with Gasteiger partial charge in [0, 0.05) is 44.8 Å². The summed E-state index contributed by atoms with van der Waals surface area (Å²) >= 11 is 0. The van der Waals surface area contributed by atoms with E-state index in [-0.39, 0.29) is 13.1 Å². The summed E-state index contributed by atoms with van der Waals surface area (Å²) in [7, 11) is 0. The van der Waals surface area contributed by atoms with Crippen LogP contribution in [0.15, 0.2) is 54.6 Å². The number of hydrogen-bond donors (Lipinski definition) is 3. The molecular weight excluding hydrogens is 454 g/mol. The Morgan fingerprint density at radius 3 is 2.22 bits per heavy atom. The monoisotopic (exact) mass is 495 g/mol. The number of nitrogens with zero attached hydrogens (tertiary/aromatic N) is 2. The summed E-state index contributed by atoms with van der Waals surface area (Å²) < 4.78 is 5.79. The maximum Gasteiger partial charge on any atom is 0.309 e. The quantitative estimate of drug-likeness (QED) is 0.390. The Morgan fingerprint density at radius 2 is 1.58 bits per heavy atom. The first-order valence-corrected chi connectivity index (χ1v) is 13.0. The number of likely N-dealkylation sites (N-methyl/N-ethyl adjacent to an activating group) is 1. The molecule has 2 amide bonds. The van der Waals surface area contributed by atoms with Crippen LogP contribution in [0, 0.1) is 0 Å². The maximum absolute atomic E-state index is 12.3. The third kappa shape index (κ3) is 8.93. The smallest absolute Gasteiger partial charge is 0.309 e. The van der Waals surface area contributed by atoms with Gasteiger partial charge >= 0.3 is 11.8 Å². The molecule has 8 heteroatoms. The largest absolute Gasteiger partial charge is 0.492 e. The molecule has 2 aromatic rings. The van der Waals surface area contributed by atoms with Crippen LogP contribution in [0.3, 0.4) is 0 Å². The van der Waals surface area contributed by atoms with Crippen LogP contribution in [0.1, 0.15) is 37.8 Å². The van der Waals surface area contributed by atoms with E-state index in [1.54, 1.807) is 0 Å². The maximum atomic E-state index is 12.3. The van der Waals surface area contributed by atoms with E-state index < -0.39 is 17.4 Å². The number of carbonyl (C=O) groups is 2. The molecule has 1 aliphatic rings. The first-order chi connectivity index (χ1) is 17.4. The second-order valence-corrected chi connectivity index (χ2v) is 9.51. The average molecular weight is 496 g/mol. The van der Waals surface area contributed by atoms with Crippen LogP contribution in [-0.4, -0.2) is 73.0 Å². The molecule has 0 radical (unpaired) electrons. The molecule has 4 N–H and O–H groups in total. The molecule has 0 atom stereocenters. The number of benzene rings is 2. The lowest BCUT2D eigenvalue weighted by molar-refractivity contribution is -0.139. The lowest BCUT2D eigenvalue weighted by Crippen LogP contribution is -2.57. The number of nitrogens with one attached hydrogen (secondary N) is 2. The second-order valence-electron chi connectivity index (χ2n) is 9.51. The van der Waals surface area contributed by atoms with Gasteiger partial charge in [-0.25, -0.2) is 0 Å². The lowest BCUT2D eigenvalue weighted by Gasteiger charge is -2.39. The first-order valence-electron chi connectivity index (χ1n) is 13.0. The van der Waals surface area contributed by atoms with Gasteiger partial charge in [0.25, 0.3) is 0 Å². The molecular formula is C28H41N5O3. The van der Waals surface area contributed by atoms with Crippen LogP contribution in [-0.2, 0) is 22.7 Å². The Bertz CT molecular complexity index is 939. The van der Waals surface area contributed by atoms with Gasteiger partial charge in [0.05, 0.1) is 0 Å². The highest BCUT2D eigenvalue weighted by Crippen LogP contribution is 2.20. The molecule has 8 nitrogen and oxygen atoms in total. The van der Waals surface area contributed by atoms with Gasteiger partial charge in [0.2, 0.25) is 0 Å². The molecule has 0 aliphatic carbocycles. The molecule has 1 saturated heterocycles. The molecule has 196 valence electrons. The predicted molar refractivity (Wildman–Crippen MR) is 142 cm³/mol. The fourth-order valence-corrected chi connectivity index (χ4v) is 4.31. The molecule has 0 bridgehead atoms. The van der Waals surface area contributed by atoms with Crippen molar-refractivity contribution in [2.75, 3.05) is 45.9 Å². The standard InChI is InChI=1S/C28H41N5O3/c1-3-32(4-2)18-19-36-25-12-10-23(11-13-25)20-30-26(34)27(35)31-22-28(29)14-16-33(17-15-28)21-24-8-6-5-7-9-24/h5-13H,3-4,14-22,29H2,1-2H3,(H,30,34)(H,31,35). The molecule has 0 aromatic heterocycles. The average Bonchev–Trinajstić information content (AvgIpc) is 2.91. The van der Waals surface area contributed by atoms with Gasteiger partial charge in [0.15, 0.2) is 0 Å². The van der Waals surface area contributed by atoms with Crippen LogP contribution < -0.4 is 21.1 Å². The van der Waals surface area contributed by atoms with Gasteiger partial charge in [-0.3, -0.25) is 14.5 Å². The molecule has 0 spiro atoms. The minimum absolute atomic E-state index is 0.272. The Balaban J connectivity index is 1.33. The SMILES string of the molecule is CCN(CC)CCOc1ccc(CNC(=O)C(=O)NCC2(N)CCN(Cc3ccccc3)CC2)cc1. The van der Waals surface area contributed by atoms with Crippen LogP contribution in [0.5, 0.6) is 5.75 Å². The van der Waals surface area contributed by atoms with Crippen LogP contribution in [0.4, 0.5) is 0 Å². The summed E-state index contributed by atoms with van der Waals surface area (Å²) in [5, 5.41) is 5.40. The number of likely N-dealkylation sites (tertiary alicyclic amines) is 1. The van der Waals surface area contributed by atoms with E-state index >= 15 is 0 Å².